The third-order valence-electron chi connectivity index (χ3n) is 3.65. The number of carbonyl (C=O) groups excluding carboxylic acids is 1. The molecule has 1 aromatic heterocycles. The topological polar surface area (TPSA) is 57.5 Å². The van der Waals surface area contributed by atoms with Crippen molar-refractivity contribution in [2.45, 2.75) is 6.92 Å². The van der Waals surface area contributed by atoms with Crippen LogP contribution in [-0.2, 0) is 4.74 Å². The quantitative estimate of drug-likeness (QED) is 0.390. The van der Waals surface area contributed by atoms with Crippen LogP contribution in [0.4, 0.5) is 22.4 Å². The normalized spacial score (nSPS) is 10.9. The fourth-order valence-corrected chi connectivity index (χ4v) is 2.48. The van der Waals surface area contributed by atoms with Crippen LogP contribution in [0.2, 0.25) is 0 Å². The summed E-state index contributed by atoms with van der Waals surface area (Å²) >= 11 is 0. The van der Waals surface area contributed by atoms with E-state index in [1.807, 2.05) is 0 Å². The monoisotopic (exact) mass is 381 g/mol. The van der Waals surface area contributed by atoms with Crippen molar-refractivity contribution < 1.29 is 31.8 Å². The van der Waals surface area contributed by atoms with Crippen molar-refractivity contribution in [1.29, 1.82) is 0 Å². The first kappa shape index (κ1) is 18.4. The molecule has 3 rings (SSSR count). The van der Waals surface area contributed by atoms with Gasteiger partial charge in [-0.15, -0.1) is 0 Å². The number of rotatable bonds is 3. The third-order valence-corrected chi connectivity index (χ3v) is 3.65. The first-order chi connectivity index (χ1) is 12.8. The lowest BCUT2D eigenvalue weighted by Gasteiger charge is -2.14. The van der Waals surface area contributed by atoms with Crippen LogP contribution in [0.15, 0.2) is 41.3 Å². The summed E-state index contributed by atoms with van der Waals surface area (Å²) in [7, 11) is 0. The Balaban J connectivity index is 2.35. The van der Waals surface area contributed by atoms with Crippen LogP contribution in [0.1, 0.15) is 6.92 Å². The van der Waals surface area contributed by atoms with E-state index < -0.39 is 51.5 Å². The molecule has 0 amide bonds. The molecule has 0 aliphatic heterocycles. The molecule has 1 heterocycles. The van der Waals surface area contributed by atoms with Crippen LogP contribution < -0.4 is 10.2 Å². The molecule has 0 fully saturated rings. The summed E-state index contributed by atoms with van der Waals surface area (Å²) in [5.41, 5.74) is -1.53. The molecule has 0 spiro atoms. The molecular weight excluding hydrogens is 370 g/mol. The summed E-state index contributed by atoms with van der Waals surface area (Å²) in [6, 6.07) is 5.02. The number of hydrogen-bond acceptors (Lipinski definition) is 4. The molecule has 9 heteroatoms. The lowest BCUT2D eigenvalue weighted by atomic mass is 10.1. The maximum atomic E-state index is 14.4. The van der Waals surface area contributed by atoms with Crippen LogP contribution in [0.25, 0.3) is 16.6 Å². The molecule has 27 heavy (non-hydrogen) atoms. The van der Waals surface area contributed by atoms with Gasteiger partial charge in [-0.2, -0.15) is 0 Å². The van der Waals surface area contributed by atoms with E-state index in [0.717, 1.165) is 22.9 Å². The fourth-order valence-electron chi connectivity index (χ4n) is 2.48. The smallest absolute Gasteiger partial charge is 0.434 e. The summed E-state index contributed by atoms with van der Waals surface area (Å²) in [5, 5.41) is -0.572. The SMILES string of the molecule is CCOC(=O)Oc1cn(-c2ccc(F)cc2)c2c(F)c(F)c(F)cc2c1=O. The summed E-state index contributed by atoms with van der Waals surface area (Å²) in [5.74, 6) is -6.18. The van der Waals surface area contributed by atoms with Gasteiger partial charge >= 0.3 is 6.16 Å². The zero-order valence-corrected chi connectivity index (χ0v) is 13.8. The minimum atomic E-state index is -1.78. The van der Waals surface area contributed by atoms with Crippen LogP contribution in [0.5, 0.6) is 5.75 Å². The van der Waals surface area contributed by atoms with Crippen LogP contribution in [-0.4, -0.2) is 17.3 Å². The number of benzene rings is 2. The summed E-state index contributed by atoms with van der Waals surface area (Å²) < 4.78 is 65.3. The predicted molar refractivity (Wildman–Crippen MR) is 87.0 cm³/mol. The van der Waals surface area contributed by atoms with Gasteiger partial charge in [-0.25, -0.2) is 22.4 Å². The lowest BCUT2D eigenvalue weighted by Crippen LogP contribution is -2.19. The molecule has 0 N–H and O–H groups in total. The average Bonchev–Trinajstić information content (AvgIpc) is 2.63. The summed E-state index contributed by atoms with van der Waals surface area (Å²) in [6.07, 6.45) is -0.294. The number of halogens is 4. The predicted octanol–water partition coefficient (Wildman–Crippen LogP) is 4.08. The molecule has 0 saturated carbocycles. The Morgan fingerprint density at radius 1 is 1.07 bits per heavy atom. The average molecular weight is 381 g/mol. The Kier molecular flexibility index (Phi) is 4.85. The van der Waals surface area contributed by atoms with E-state index in [4.69, 9.17) is 4.74 Å². The van der Waals surface area contributed by atoms with Gasteiger partial charge in [0, 0.05) is 5.69 Å². The molecule has 0 saturated heterocycles. The fraction of sp³-hybridized carbons (Fsp3) is 0.111. The van der Waals surface area contributed by atoms with Crippen molar-refractivity contribution in [2.24, 2.45) is 0 Å². The van der Waals surface area contributed by atoms with Crippen molar-refractivity contribution in [3.63, 3.8) is 0 Å². The van der Waals surface area contributed by atoms with Crippen LogP contribution in [0, 0.1) is 23.3 Å². The molecule has 0 aliphatic carbocycles. The molecule has 0 radical (unpaired) electrons. The molecule has 2 aromatic carbocycles. The van der Waals surface area contributed by atoms with E-state index >= 15 is 0 Å². The minimum absolute atomic E-state index is 0.0347. The highest BCUT2D eigenvalue weighted by Crippen LogP contribution is 2.26. The molecule has 0 bridgehead atoms. The van der Waals surface area contributed by atoms with Crippen molar-refractivity contribution >= 4 is 17.1 Å². The van der Waals surface area contributed by atoms with Gasteiger partial charge in [-0.3, -0.25) is 4.79 Å². The van der Waals surface area contributed by atoms with Crippen molar-refractivity contribution in [3.05, 3.63) is 70.0 Å². The lowest BCUT2D eigenvalue weighted by molar-refractivity contribution is 0.104. The third kappa shape index (κ3) is 3.35. The zero-order chi connectivity index (χ0) is 19.7. The van der Waals surface area contributed by atoms with E-state index in [0.29, 0.717) is 6.07 Å². The number of pyridine rings is 1. The highest BCUT2D eigenvalue weighted by Gasteiger charge is 2.22. The zero-order valence-electron chi connectivity index (χ0n) is 13.8. The maximum Gasteiger partial charge on any atom is 0.514 e. The molecular formula is C18H11F4NO4. The Morgan fingerprint density at radius 2 is 1.74 bits per heavy atom. The maximum absolute atomic E-state index is 14.4. The van der Waals surface area contributed by atoms with Crippen LogP contribution >= 0.6 is 0 Å². The summed E-state index contributed by atoms with van der Waals surface area (Å²) in [6.45, 7) is 1.47. The van der Waals surface area contributed by atoms with Gasteiger partial charge in [0.2, 0.25) is 5.43 Å². The van der Waals surface area contributed by atoms with E-state index in [2.05, 4.69) is 4.74 Å². The Bertz CT molecular complexity index is 1090. The van der Waals surface area contributed by atoms with Crippen molar-refractivity contribution in [2.75, 3.05) is 6.61 Å². The number of fused-ring (bicyclic) bond motifs is 1. The van der Waals surface area contributed by atoms with E-state index in [1.54, 1.807) is 0 Å². The standard InChI is InChI=1S/C18H11F4NO4/c1-2-26-18(25)27-13-8-23(10-5-3-9(19)4-6-10)16-11(17(13)24)7-12(20)14(21)15(16)22/h3-8H,2H2,1H3. The second kappa shape index (κ2) is 7.10. The van der Waals surface area contributed by atoms with Gasteiger partial charge in [0.1, 0.15) is 5.82 Å². The molecule has 0 aliphatic rings. The molecule has 3 aromatic rings. The van der Waals surface area contributed by atoms with Gasteiger partial charge in [0.15, 0.2) is 23.2 Å². The Labute approximate surface area is 149 Å². The highest BCUT2D eigenvalue weighted by molar-refractivity contribution is 5.83. The van der Waals surface area contributed by atoms with E-state index in [1.165, 1.54) is 19.1 Å². The highest BCUT2D eigenvalue weighted by atomic mass is 19.2. The molecule has 140 valence electrons. The summed E-state index contributed by atoms with van der Waals surface area (Å²) in [4.78, 5) is 24.0. The molecule has 5 nitrogen and oxygen atoms in total. The largest absolute Gasteiger partial charge is 0.514 e. The van der Waals surface area contributed by atoms with E-state index in [9.17, 15) is 27.2 Å². The van der Waals surface area contributed by atoms with Gasteiger partial charge in [-0.1, -0.05) is 0 Å². The van der Waals surface area contributed by atoms with Crippen molar-refractivity contribution in [1.82, 2.24) is 4.57 Å². The Morgan fingerprint density at radius 3 is 2.37 bits per heavy atom. The molecule has 0 atom stereocenters. The number of carbonyl (C=O) groups is 1. The van der Waals surface area contributed by atoms with Crippen molar-refractivity contribution in [3.8, 4) is 11.4 Å². The number of ether oxygens (including phenoxy) is 2. The minimum Gasteiger partial charge on any atom is -0.434 e. The second-order valence-electron chi connectivity index (χ2n) is 5.34. The second-order valence-corrected chi connectivity index (χ2v) is 5.34. The van der Waals surface area contributed by atoms with Gasteiger partial charge in [0.05, 0.1) is 23.7 Å². The number of nitrogens with zero attached hydrogens (tertiary/aromatic N) is 1. The number of aromatic nitrogens is 1. The van der Waals surface area contributed by atoms with Crippen LogP contribution in [0.3, 0.4) is 0 Å². The first-order valence-electron chi connectivity index (χ1n) is 7.67. The molecule has 0 unspecified atom stereocenters. The first-order valence-corrected chi connectivity index (χ1v) is 7.67. The van der Waals surface area contributed by atoms with Gasteiger partial charge in [0.25, 0.3) is 0 Å². The van der Waals surface area contributed by atoms with E-state index in [-0.39, 0.29) is 12.3 Å². The van der Waals surface area contributed by atoms with Gasteiger partial charge in [-0.05, 0) is 37.3 Å². The Hall–Kier alpha value is -3.36. The van der Waals surface area contributed by atoms with Gasteiger partial charge < -0.3 is 14.0 Å². The number of hydrogen-bond donors (Lipinski definition) is 0.